The summed E-state index contributed by atoms with van der Waals surface area (Å²) in [5, 5.41) is 3.65. The van der Waals surface area contributed by atoms with E-state index < -0.39 is 0 Å². The van der Waals surface area contributed by atoms with Gasteiger partial charge in [-0.15, -0.1) is 0 Å². The van der Waals surface area contributed by atoms with Crippen molar-refractivity contribution in [3.05, 3.63) is 58.9 Å². The number of pyridine rings is 1. The van der Waals surface area contributed by atoms with Gasteiger partial charge >= 0.3 is 0 Å². The Labute approximate surface area is 126 Å². The van der Waals surface area contributed by atoms with Crippen molar-refractivity contribution in [2.45, 2.75) is 38.8 Å². The van der Waals surface area contributed by atoms with Crippen LogP contribution in [0.5, 0.6) is 5.75 Å². The van der Waals surface area contributed by atoms with Gasteiger partial charge in [-0.05, 0) is 61.1 Å². The van der Waals surface area contributed by atoms with Gasteiger partial charge in [-0.2, -0.15) is 0 Å². The second-order valence-electron chi connectivity index (χ2n) is 5.72. The Morgan fingerprint density at radius 3 is 3.00 bits per heavy atom. The van der Waals surface area contributed by atoms with E-state index in [2.05, 4.69) is 41.5 Å². The Morgan fingerprint density at radius 2 is 2.19 bits per heavy atom. The number of nitrogens with one attached hydrogen (secondary N) is 1. The molecule has 1 aliphatic rings. The minimum Gasteiger partial charge on any atom is -0.497 e. The van der Waals surface area contributed by atoms with Gasteiger partial charge in [0, 0.05) is 18.8 Å². The zero-order valence-electron chi connectivity index (χ0n) is 12.7. The second-order valence-corrected chi connectivity index (χ2v) is 5.72. The molecular formula is C18H22N2O. The molecule has 1 aliphatic carbocycles. The van der Waals surface area contributed by atoms with Crippen molar-refractivity contribution in [3.8, 4) is 5.75 Å². The highest BCUT2D eigenvalue weighted by Crippen LogP contribution is 2.25. The first-order valence-electron chi connectivity index (χ1n) is 7.56. The highest BCUT2D eigenvalue weighted by Gasteiger charge is 2.18. The molecule has 1 N–H and O–H groups in total. The summed E-state index contributed by atoms with van der Waals surface area (Å²) in [5.74, 6) is 0.954. The van der Waals surface area contributed by atoms with E-state index >= 15 is 0 Å². The number of rotatable bonds is 4. The third kappa shape index (κ3) is 3.24. The lowest BCUT2D eigenvalue weighted by Gasteiger charge is -2.26. The van der Waals surface area contributed by atoms with Gasteiger partial charge in [-0.3, -0.25) is 4.98 Å². The predicted octanol–water partition coefficient (Wildman–Crippen LogP) is 3.05. The van der Waals surface area contributed by atoms with Gasteiger partial charge in [0.1, 0.15) is 5.75 Å². The van der Waals surface area contributed by atoms with Crippen molar-refractivity contribution in [1.82, 2.24) is 10.3 Å². The van der Waals surface area contributed by atoms with Gasteiger partial charge in [-0.1, -0.05) is 12.1 Å². The van der Waals surface area contributed by atoms with Crippen molar-refractivity contribution in [2.75, 3.05) is 7.11 Å². The van der Waals surface area contributed by atoms with Crippen molar-refractivity contribution in [1.29, 1.82) is 0 Å². The summed E-state index contributed by atoms with van der Waals surface area (Å²) in [6, 6.07) is 11.1. The summed E-state index contributed by atoms with van der Waals surface area (Å²) >= 11 is 0. The molecule has 3 nitrogen and oxygen atoms in total. The smallest absolute Gasteiger partial charge is 0.119 e. The standard InChI is InChI=1S/C18H22N2O/c1-13-4-3-9-19-18(13)12-20-16-7-5-14-6-8-17(21-2)11-15(14)10-16/h3-4,6,8-9,11,16,20H,5,7,10,12H2,1-2H3. The molecule has 0 bridgehead atoms. The molecule has 110 valence electrons. The van der Waals surface area contributed by atoms with E-state index in [1.807, 2.05) is 12.3 Å². The second kappa shape index (κ2) is 6.27. The summed E-state index contributed by atoms with van der Waals surface area (Å²) in [6.45, 7) is 2.96. The fraction of sp³-hybridized carbons (Fsp3) is 0.389. The van der Waals surface area contributed by atoms with Gasteiger partial charge < -0.3 is 10.1 Å². The van der Waals surface area contributed by atoms with Crippen LogP contribution in [0, 0.1) is 6.92 Å². The van der Waals surface area contributed by atoms with Crippen molar-refractivity contribution in [3.63, 3.8) is 0 Å². The molecule has 2 aromatic rings. The zero-order chi connectivity index (χ0) is 14.7. The highest BCUT2D eigenvalue weighted by molar-refractivity contribution is 5.38. The number of fused-ring (bicyclic) bond motifs is 1. The highest BCUT2D eigenvalue weighted by atomic mass is 16.5. The van der Waals surface area contributed by atoms with E-state index in [1.165, 1.54) is 23.1 Å². The first kappa shape index (κ1) is 14.1. The molecule has 0 saturated heterocycles. The number of hydrogen-bond acceptors (Lipinski definition) is 3. The van der Waals surface area contributed by atoms with Gasteiger partial charge in [0.25, 0.3) is 0 Å². The molecule has 0 amide bonds. The number of aryl methyl sites for hydroxylation is 2. The van der Waals surface area contributed by atoms with Gasteiger partial charge in [0.05, 0.1) is 12.8 Å². The lowest BCUT2D eigenvalue weighted by Crippen LogP contribution is -2.34. The first-order chi connectivity index (χ1) is 10.3. The van der Waals surface area contributed by atoms with Crippen LogP contribution in [-0.4, -0.2) is 18.1 Å². The fourth-order valence-corrected chi connectivity index (χ4v) is 2.98. The van der Waals surface area contributed by atoms with E-state index in [4.69, 9.17) is 4.74 Å². The average Bonchev–Trinajstić information content (AvgIpc) is 2.53. The van der Waals surface area contributed by atoms with E-state index in [0.29, 0.717) is 6.04 Å². The molecule has 1 unspecified atom stereocenters. The Balaban J connectivity index is 1.65. The van der Waals surface area contributed by atoms with E-state index in [9.17, 15) is 0 Å². The summed E-state index contributed by atoms with van der Waals surface area (Å²) < 4.78 is 5.33. The zero-order valence-corrected chi connectivity index (χ0v) is 12.7. The average molecular weight is 282 g/mol. The number of hydrogen-bond donors (Lipinski definition) is 1. The molecule has 0 radical (unpaired) electrons. The van der Waals surface area contributed by atoms with Crippen LogP contribution in [0.2, 0.25) is 0 Å². The largest absolute Gasteiger partial charge is 0.497 e. The van der Waals surface area contributed by atoms with Crippen molar-refractivity contribution >= 4 is 0 Å². The van der Waals surface area contributed by atoms with Crippen molar-refractivity contribution < 1.29 is 4.74 Å². The molecule has 0 spiro atoms. The van der Waals surface area contributed by atoms with Crippen molar-refractivity contribution in [2.24, 2.45) is 0 Å². The molecule has 0 aliphatic heterocycles. The summed E-state index contributed by atoms with van der Waals surface area (Å²) in [7, 11) is 1.73. The molecule has 3 heteroatoms. The Kier molecular flexibility index (Phi) is 4.20. The number of ether oxygens (including phenoxy) is 1. The maximum atomic E-state index is 5.33. The van der Waals surface area contributed by atoms with Gasteiger partial charge in [0.2, 0.25) is 0 Å². The minimum atomic E-state index is 0.519. The lowest BCUT2D eigenvalue weighted by molar-refractivity contribution is 0.410. The Hall–Kier alpha value is -1.87. The van der Waals surface area contributed by atoms with Crippen LogP contribution in [-0.2, 0) is 19.4 Å². The third-order valence-electron chi connectivity index (χ3n) is 4.32. The summed E-state index contributed by atoms with van der Waals surface area (Å²) in [4.78, 5) is 4.45. The van der Waals surface area contributed by atoms with Gasteiger partial charge in [0.15, 0.2) is 0 Å². The molecular weight excluding hydrogens is 260 g/mol. The molecule has 1 atom stereocenters. The number of methoxy groups -OCH3 is 1. The summed E-state index contributed by atoms with van der Waals surface area (Å²) in [5.41, 5.74) is 5.27. The monoisotopic (exact) mass is 282 g/mol. The molecule has 3 rings (SSSR count). The minimum absolute atomic E-state index is 0.519. The van der Waals surface area contributed by atoms with Crippen LogP contribution in [0.1, 0.15) is 28.8 Å². The SMILES string of the molecule is COc1ccc2c(c1)CC(NCc1ncccc1C)CC2. The predicted molar refractivity (Wildman–Crippen MR) is 84.6 cm³/mol. The Morgan fingerprint density at radius 1 is 1.29 bits per heavy atom. The maximum absolute atomic E-state index is 5.33. The quantitative estimate of drug-likeness (QED) is 0.936. The maximum Gasteiger partial charge on any atom is 0.119 e. The number of nitrogens with zero attached hydrogens (tertiary/aromatic N) is 1. The number of benzene rings is 1. The lowest BCUT2D eigenvalue weighted by atomic mass is 9.88. The van der Waals surface area contributed by atoms with E-state index in [0.717, 1.165) is 30.8 Å². The number of aromatic nitrogens is 1. The van der Waals surface area contributed by atoms with Crippen LogP contribution in [0.4, 0.5) is 0 Å². The van der Waals surface area contributed by atoms with Crippen LogP contribution < -0.4 is 10.1 Å². The van der Waals surface area contributed by atoms with Crippen LogP contribution >= 0.6 is 0 Å². The van der Waals surface area contributed by atoms with Crippen LogP contribution in [0.15, 0.2) is 36.5 Å². The van der Waals surface area contributed by atoms with Gasteiger partial charge in [-0.25, -0.2) is 0 Å². The first-order valence-corrected chi connectivity index (χ1v) is 7.56. The fourth-order valence-electron chi connectivity index (χ4n) is 2.98. The molecule has 1 aromatic heterocycles. The van der Waals surface area contributed by atoms with Crippen LogP contribution in [0.25, 0.3) is 0 Å². The topological polar surface area (TPSA) is 34.1 Å². The van der Waals surface area contributed by atoms with Crippen LogP contribution in [0.3, 0.4) is 0 Å². The van der Waals surface area contributed by atoms with E-state index in [1.54, 1.807) is 7.11 Å². The molecule has 0 fully saturated rings. The third-order valence-corrected chi connectivity index (χ3v) is 4.32. The molecule has 1 heterocycles. The molecule has 0 saturated carbocycles. The Bertz CT molecular complexity index is 624. The molecule has 1 aromatic carbocycles. The summed E-state index contributed by atoms with van der Waals surface area (Å²) in [6.07, 6.45) is 5.26. The van der Waals surface area contributed by atoms with E-state index in [-0.39, 0.29) is 0 Å². The molecule has 21 heavy (non-hydrogen) atoms. The normalized spacial score (nSPS) is 17.3.